The molecule has 2 heterocycles. The van der Waals surface area contributed by atoms with Crippen LogP contribution in [-0.4, -0.2) is 15.0 Å². The molecule has 0 radical (unpaired) electrons. The molecular weight excluding hydrogens is 661 g/mol. The van der Waals surface area contributed by atoms with Crippen LogP contribution < -0.4 is 4.90 Å². The Morgan fingerprint density at radius 3 is 1.76 bits per heavy atom. The number of hydrogen-bond acceptors (Lipinski definition) is 5. The second kappa shape index (κ2) is 13.3. The second-order valence-electron chi connectivity index (χ2n) is 13.3. The molecule has 5 nitrogen and oxygen atoms in total. The molecule has 54 heavy (non-hydrogen) atoms. The molecule has 0 bridgehead atoms. The van der Waals surface area contributed by atoms with Gasteiger partial charge < -0.3 is 9.32 Å². The maximum atomic E-state index is 6.65. The summed E-state index contributed by atoms with van der Waals surface area (Å²) in [5, 5.41) is 4.26. The van der Waals surface area contributed by atoms with Crippen molar-refractivity contribution in [2.24, 2.45) is 0 Å². The van der Waals surface area contributed by atoms with Gasteiger partial charge >= 0.3 is 0 Å². The summed E-state index contributed by atoms with van der Waals surface area (Å²) >= 11 is 0. The maximum Gasteiger partial charge on any atom is 0.164 e. The molecule has 5 heteroatoms. The average molecular weight is 693 g/mol. The zero-order valence-electron chi connectivity index (χ0n) is 29.2. The van der Waals surface area contributed by atoms with E-state index in [0.717, 1.165) is 66.6 Å². The van der Waals surface area contributed by atoms with E-state index in [1.165, 1.54) is 10.9 Å². The quantitative estimate of drug-likeness (QED) is 0.166. The fourth-order valence-electron chi connectivity index (χ4n) is 7.29. The van der Waals surface area contributed by atoms with Crippen LogP contribution in [0.25, 0.3) is 78.0 Å². The van der Waals surface area contributed by atoms with Gasteiger partial charge in [0.15, 0.2) is 17.5 Å². The molecule has 0 amide bonds. The molecule has 0 unspecified atom stereocenters. The minimum atomic E-state index is 0.591. The van der Waals surface area contributed by atoms with Crippen molar-refractivity contribution in [2.45, 2.75) is 0 Å². The van der Waals surface area contributed by atoms with Crippen LogP contribution in [0.2, 0.25) is 0 Å². The number of furan rings is 1. The normalized spacial score (nSPS) is 11.3. The number of rotatable bonds is 7. The highest BCUT2D eigenvalue weighted by Gasteiger charge is 2.20. The maximum absolute atomic E-state index is 6.65. The SMILES string of the molecule is c1ccc(-c2cccc(N(c3ccccc3)c3ccc4c(c3)oc3cccc(-c5nc(-c6ccccc6)nc(-c6ccc7ccccc7c6)n5)c34)c2)cc1. The largest absolute Gasteiger partial charge is 0.456 e. The predicted molar refractivity (Wildman–Crippen MR) is 221 cm³/mol. The number of hydrogen-bond donors (Lipinski definition) is 0. The number of para-hydroxylation sites is 1. The number of aromatic nitrogens is 3. The Balaban J connectivity index is 1.13. The lowest BCUT2D eigenvalue weighted by atomic mass is 10.0. The van der Waals surface area contributed by atoms with Crippen LogP contribution in [0.3, 0.4) is 0 Å². The summed E-state index contributed by atoms with van der Waals surface area (Å²) in [4.78, 5) is 17.5. The highest BCUT2D eigenvalue weighted by Crippen LogP contribution is 2.42. The first kappa shape index (κ1) is 31.4. The summed E-state index contributed by atoms with van der Waals surface area (Å²) in [7, 11) is 0. The molecule has 0 N–H and O–H groups in total. The molecule has 0 aliphatic rings. The first-order chi connectivity index (χ1) is 26.7. The third-order valence-electron chi connectivity index (χ3n) is 9.88. The van der Waals surface area contributed by atoms with Gasteiger partial charge in [-0.2, -0.15) is 0 Å². The summed E-state index contributed by atoms with van der Waals surface area (Å²) in [6, 6.07) is 66.9. The Kier molecular flexibility index (Phi) is 7.73. The molecule has 0 aliphatic heterocycles. The topological polar surface area (TPSA) is 55.1 Å². The molecule has 0 spiro atoms. The molecule has 0 aliphatic carbocycles. The van der Waals surface area contributed by atoms with E-state index >= 15 is 0 Å². The van der Waals surface area contributed by atoms with Crippen LogP contribution in [0.4, 0.5) is 17.1 Å². The lowest BCUT2D eigenvalue weighted by molar-refractivity contribution is 0.669. The number of benzene rings is 8. The van der Waals surface area contributed by atoms with Crippen molar-refractivity contribution in [3.8, 4) is 45.3 Å². The zero-order valence-corrected chi connectivity index (χ0v) is 29.2. The van der Waals surface area contributed by atoms with Gasteiger partial charge in [-0.25, -0.2) is 15.0 Å². The standard InChI is InChI=1S/C49H32N4O/c1-4-14-33(15-5-1)37-20-12-23-40(31-37)53(39-21-8-3-9-22-39)41-28-29-42-45(32-41)54-44-25-13-24-43(46(42)44)49-51-47(35-17-6-2-7-18-35)50-48(52-49)38-27-26-34-16-10-11-19-36(34)30-38/h1-32H. The smallest absolute Gasteiger partial charge is 0.164 e. The van der Waals surface area contributed by atoms with Crippen molar-refractivity contribution in [1.82, 2.24) is 15.0 Å². The monoisotopic (exact) mass is 692 g/mol. The fraction of sp³-hybridized carbons (Fsp3) is 0. The summed E-state index contributed by atoms with van der Waals surface area (Å²) in [5.41, 5.74) is 9.71. The van der Waals surface area contributed by atoms with Crippen molar-refractivity contribution < 1.29 is 4.42 Å². The number of nitrogens with zero attached hydrogens (tertiary/aromatic N) is 4. The van der Waals surface area contributed by atoms with Crippen LogP contribution in [0, 0.1) is 0 Å². The highest BCUT2D eigenvalue weighted by molar-refractivity contribution is 6.12. The van der Waals surface area contributed by atoms with E-state index in [1.54, 1.807) is 0 Å². The Morgan fingerprint density at radius 1 is 0.352 bits per heavy atom. The summed E-state index contributed by atoms with van der Waals surface area (Å²) in [6.45, 7) is 0. The highest BCUT2D eigenvalue weighted by atomic mass is 16.3. The molecule has 2 aromatic heterocycles. The van der Waals surface area contributed by atoms with Crippen LogP contribution >= 0.6 is 0 Å². The average Bonchev–Trinajstić information content (AvgIpc) is 3.63. The van der Waals surface area contributed by atoms with E-state index in [-0.39, 0.29) is 0 Å². The molecule has 0 fully saturated rings. The third kappa shape index (κ3) is 5.74. The van der Waals surface area contributed by atoms with Gasteiger partial charge in [0.2, 0.25) is 0 Å². The van der Waals surface area contributed by atoms with Crippen LogP contribution in [0.5, 0.6) is 0 Å². The minimum absolute atomic E-state index is 0.591. The van der Waals surface area contributed by atoms with Crippen molar-refractivity contribution in [3.05, 3.63) is 194 Å². The Bertz CT molecular complexity index is 2940. The van der Waals surface area contributed by atoms with Gasteiger partial charge in [0.05, 0.1) is 0 Å². The number of anilines is 3. The van der Waals surface area contributed by atoms with Crippen molar-refractivity contribution in [2.75, 3.05) is 4.90 Å². The zero-order chi connectivity index (χ0) is 35.8. The molecule has 0 atom stereocenters. The second-order valence-corrected chi connectivity index (χ2v) is 13.3. The molecule has 0 saturated carbocycles. The first-order valence-electron chi connectivity index (χ1n) is 18.0. The molecular formula is C49H32N4O. The van der Waals surface area contributed by atoms with Gasteiger partial charge in [0.25, 0.3) is 0 Å². The van der Waals surface area contributed by atoms with Gasteiger partial charge in [-0.3, -0.25) is 0 Å². The number of fused-ring (bicyclic) bond motifs is 4. The lowest BCUT2D eigenvalue weighted by Gasteiger charge is -2.26. The minimum Gasteiger partial charge on any atom is -0.456 e. The van der Waals surface area contributed by atoms with E-state index in [4.69, 9.17) is 19.4 Å². The molecule has 254 valence electrons. The summed E-state index contributed by atoms with van der Waals surface area (Å²) < 4.78 is 6.65. The molecule has 0 saturated heterocycles. The van der Waals surface area contributed by atoms with Crippen LogP contribution in [0.15, 0.2) is 199 Å². The molecule has 8 aromatic carbocycles. The molecule has 10 rings (SSSR count). The summed E-state index contributed by atoms with van der Waals surface area (Å²) in [5.74, 6) is 1.83. The van der Waals surface area contributed by atoms with Gasteiger partial charge in [-0.15, -0.1) is 0 Å². The van der Waals surface area contributed by atoms with Crippen LogP contribution in [-0.2, 0) is 0 Å². The van der Waals surface area contributed by atoms with Gasteiger partial charge in [-0.1, -0.05) is 140 Å². The first-order valence-corrected chi connectivity index (χ1v) is 18.0. The Morgan fingerprint density at radius 2 is 0.963 bits per heavy atom. The van der Waals surface area contributed by atoms with E-state index in [2.05, 4.69) is 144 Å². The van der Waals surface area contributed by atoms with E-state index in [9.17, 15) is 0 Å². The van der Waals surface area contributed by atoms with E-state index in [0.29, 0.717) is 17.5 Å². The van der Waals surface area contributed by atoms with Crippen molar-refractivity contribution >= 4 is 49.8 Å². The molecule has 10 aromatic rings. The van der Waals surface area contributed by atoms with Crippen molar-refractivity contribution in [1.29, 1.82) is 0 Å². The fourth-order valence-corrected chi connectivity index (χ4v) is 7.29. The van der Waals surface area contributed by atoms with Gasteiger partial charge in [0.1, 0.15) is 11.2 Å². The Hall–Kier alpha value is -7.37. The van der Waals surface area contributed by atoms with Gasteiger partial charge in [0, 0.05) is 50.6 Å². The van der Waals surface area contributed by atoms with Crippen LogP contribution in [0.1, 0.15) is 0 Å². The third-order valence-corrected chi connectivity index (χ3v) is 9.88. The van der Waals surface area contributed by atoms with E-state index in [1.807, 2.05) is 54.6 Å². The predicted octanol–water partition coefficient (Wildman–Crippen LogP) is 13.1. The Labute approximate surface area is 312 Å². The van der Waals surface area contributed by atoms with Crippen molar-refractivity contribution in [3.63, 3.8) is 0 Å². The van der Waals surface area contributed by atoms with Gasteiger partial charge in [-0.05, 0) is 70.4 Å². The summed E-state index contributed by atoms with van der Waals surface area (Å²) in [6.07, 6.45) is 0. The van der Waals surface area contributed by atoms with E-state index < -0.39 is 0 Å². The lowest BCUT2D eigenvalue weighted by Crippen LogP contribution is -2.09.